The molecule has 2 aromatic carbocycles. The second-order valence-electron chi connectivity index (χ2n) is 7.51. The van der Waals surface area contributed by atoms with Crippen LogP contribution in [0.5, 0.6) is 23.0 Å². The summed E-state index contributed by atoms with van der Waals surface area (Å²) in [6.45, 7) is 7.24. The van der Waals surface area contributed by atoms with Gasteiger partial charge < -0.3 is 29.6 Å². The van der Waals surface area contributed by atoms with E-state index in [0.29, 0.717) is 47.3 Å². The Morgan fingerprint density at radius 3 is 1.73 bits per heavy atom. The summed E-state index contributed by atoms with van der Waals surface area (Å²) in [4.78, 5) is 25.2. The fraction of sp³-hybridized carbons (Fsp3) is 0.440. The van der Waals surface area contributed by atoms with Crippen LogP contribution in [0.3, 0.4) is 0 Å². The van der Waals surface area contributed by atoms with Crippen LogP contribution in [0.4, 0.5) is 0 Å². The quantitative estimate of drug-likeness (QED) is 0.474. The number of rotatable bonds is 13. The molecular weight excluding hydrogens is 424 g/mol. The van der Waals surface area contributed by atoms with Crippen LogP contribution in [0.25, 0.3) is 0 Å². The fourth-order valence-corrected chi connectivity index (χ4v) is 2.99. The van der Waals surface area contributed by atoms with E-state index in [-0.39, 0.29) is 24.4 Å². The minimum atomic E-state index is -0.294. The van der Waals surface area contributed by atoms with Crippen LogP contribution in [-0.2, 0) is 0 Å². The molecule has 8 heteroatoms. The number of benzene rings is 2. The highest BCUT2D eigenvalue weighted by atomic mass is 16.5. The Bertz CT molecular complexity index is 931. The lowest BCUT2D eigenvalue weighted by molar-refractivity contribution is 0.0912. The molecule has 0 spiro atoms. The number of hydrogen-bond acceptors (Lipinski definition) is 6. The number of amides is 2. The van der Waals surface area contributed by atoms with E-state index in [2.05, 4.69) is 10.6 Å². The minimum Gasteiger partial charge on any atom is -0.493 e. The van der Waals surface area contributed by atoms with Crippen LogP contribution in [-0.4, -0.2) is 51.8 Å². The van der Waals surface area contributed by atoms with Gasteiger partial charge in [-0.05, 0) is 56.2 Å². The topological polar surface area (TPSA) is 95.1 Å². The van der Waals surface area contributed by atoms with Gasteiger partial charge in [-0.25, -0.2) is 0 Å². The first-order valence-corrected chi connectivity index (χ1v) is 11.1. The van der Waals surface area contributed by atoms with Gasteiger partial charge >= 0.3 is 0 Å². The number of carbonyl (C=O) groups excluding carboxylic acids is 2. The van der Waals surface area contributed by atoms with Crippen LogP contribution in [0.15, 0.2) is 36.4 Å². The Morgan fingerprint density at radius 1 is 0.788 bits per heavy atom. The van der Waals surface area contributed by atoms with Crippen molar-refractivity contribution in [2.24, 2.45) is 0 Å². The Hall–Kier alpha value is -3.42. The summed E-state index contributed by atoms with van der Waals surface area (Å²) in [5.41, 5.74) is 0.892. The first kappa shape index (κ1) is 25.8. The van der Waals surface area contributed by atoms with Gasteiger partial charge in [-0.1, -0.05) is 13.8 Å². The Balaban J connectivity index is 1.93. The molecule has 0 unspecified atom stereocenters. The molecule has 0 aliphatic rings. The van der Waals surface area contributed by atoms with Crippen molar-refractivity contribution in [3.63, 3.8) is 0 Å². The van der Waals surface area contributed by atoms with E-state index in [1.807, 2.05) is 20.8 Å². The molecule has 0 heterocycles. The van der Waals surface area contributed by atoms with Crippen molar-refractivity contribution in [2.75, 3.05) is 34.0 Å². The van der Waals surface area contributed by atoms with E-state index in [1.165, 1.54) is 14.2 Å². The van der Waals surface area contributed by atoms with E-state index in [9.17, 15) is 9.59 Å². The van der Waals surface area contributed by atoms with Gasteiger partial charge in [0.05, 0.1) is 27.4 Å². The number of methoxy groups -OCH3 is 2. The second-order valence-corrected chi connectivity index (χ2v) is 7.51. The maximum atomic E-state index is 12.6. The number of hydrogen-bond donors (Lipinski definition) is 2. The predicted octanol–water partition coefficient (Wildman–Crippen LogP) is 3.83. The van der Waals surface area contributed by atoms with Gasteiger partial charge in [0.2, 0.25) is 0 Å². The molecule has 0 saturated carbocycles. The summed E-state index contributed by atoms with van der Waals surface area (Å²) in [5.74, 6) is 1.65. The monoisotopic (exact) mass is 458 g/mol. The molecule has 180 valence electrons. The van der Waals surface area contributed by atoms with Crippen molar-refractivity contribution in [1.82, 2.24) is 10.6 Å². The molecule has 33 heavy (non-hydrogen) atoms. The zero-order valence-electron chi connectivity index (χ0n) is 20.0. The van der Waals surface area contributed by atoms with E-state index in [1.54, 1.807) is 36.4 Å². The van der Waals surface area contributed by atoms with Gasteiger partial charge in [0.25, 0.3) is 11.8 Å². The third-order valence-corrected chi connectivity index (χ3v) is 4.72. The highest BCUT2D eigenvalue weighted by Crippen LogP contribution is 2.29. The third kappa shape index (κ3) is 7.59. The first-order chi connectivity index (χ1) is 15.9. The van der Waals surface area contributed by atoms with E-state index in [0.717, 1.165) is 12.8 Å². The fourth-order valence-electron chi connectivity index (χ4n) is 2.99. The average molecular weight is 459 g/mol. The van der Waals surface area contributed by atoms with Crippen molar-refractivity contribution in [3.8, 4) is 23.0 Å². The smallest absolute Gasteiger partial charge is 0.251 e. The molecule has 2 N–H and O–H groups in total. The van der Waals surface area contributed by atoms with E-state index in [4.69, 9.17) is 18.9 Å². The molecule has 2 amide bonds. The maximum Gasteiger partial charge on any atom is 0.251 e. The average Bonchev–Trinajstić information content (AvgIpc) is 2.84. The molecule has 0 aliphatic carbocycles. The van der Waals surface area contributed by atoms with Crippen molar-refractivity contribution in [1.29, 1.82) is 0 Å². The molecule has 0 radical (unpaired) electrons. The summed E-state index contributed by atoms with van der Waals surface area (Å²) >= 11 is 0. The SMILES string of the molecule is CCCOc1ccc(C(=O)NC[C@H](C)NC(=O)c2ccc(OCCC)c(OC)c2)cc1OC. The van der Waals surface area contributed by atoms with Gasteiger partial charge in [-0.15, -0.1) is 0 Å². The van der Waals surface area contributed by atoms with Crippen LogP contribution >= 0.6 is 0 Å². The van der Waals surface area contributed by atoms with Gasteiger partial charge in [-0.2, -0.15) is 0 Å². The zero-order valence-corrected chi connectivity index (χ0v) is 20.0. The Morgan fingerprint density at radius 2 is 1.27 bits per heavy atom. The number of ether oxygens (including phenoxy) is 4. The molecule has 1 atom stereocenters. The Labute approximate surface area is 195 Å². The van der Waals surface area contributed by atoms with Crippen molar-refractivity contribution >= 4 is 11.8 Å². The largest absolute Gasteiger partial charge is 0.493 e. The van der Waals surface area contributed by atoms with Crippen LogP contribution < -0.4 is 29.6 Å². The summed E-state index contributed by atoms with van der Waals surface area (Å²) < 4.78 is 21.9. The molecule has 0 aliphatic heterocycles. The van der Waals surface area contributed by atoms with Crippen LogP contribution in [0.1, 0.15) is 54.3 Å². The van der Waals surface area contributed by atoms with Crippen molar-refractivity contribution in [3.05, 3.63) is 47.5 Å². The lowest BCUT2D eigenvalue weighted by Crippen LogP contribution is -2.41. The van der Waals surface area contributed by atoms with Crippen molar-refractivity contribution < 1.29 is 28.5 Å². The predicted molar refractivity (Wildman–Crippen MR) is 127 cm³/mol. The molecule has 2 rings (SSSR count). The van der Waals surface area contributed by atoms with Gasteiger partial charge in [-0.3, -0.25) is 9.59 Å². The summed E-state index contributed by atoms with van der Waals surface area (Å²) in [6.07, 6.45) is 1.75. The van der Waals surface area contributed by atoms with Crippen molar-refractivity contribution in [2.45, 2.75) is 39.7 Å². The van der Waals surface area contributed by atoms with Gasteiger partial charge in [0.15, 0.2) is 23.0 Å². The van der Waals surface area contributed by atoms with Crippen LogP contribution in [0, 0.1) is 0 Å². The first-order valence-electron chi connectivity index (χ1n) is 11.1. The lowest BCUT2D eigenvalue weighted by atomic mass is 10.1. The van der Waals surface area contributed by atoms with Gasteiger partial charge in [0, 0.05) is 23.7 Å². The molecule has 0 bridgehead atoms. The maximum absolute atomic E-state index is 12.6. The molecular formula is C25H34N2O6. The number of carbonyl (C=O) groups is 2. The highest BCUT2D eigenvalue weighted by Gasteiger charge is 2.16. The molecule has 2 aromatic rings. The molecule has 0 saturated heterocycles. The molecule has 8 nitrogen and oxygen atoms in total. The van der Waals surface area contributed by atoms with Gasteiger partial charge in [0.1, 0.15) is 0 Å². The van der Waals surface area contributed by atoms with Crippen LogP contribution in [0.2, 0.25) is 0 Å². The third-order valence-electron chi connectivity index (χ3n) is 4.72. The standard InChI is InChI=1S/C25H34N2O6/c1-6-12-32-20-10-8-18(14-22(20)30-4)24(28)26-16-17(3)27-25(29)19-9-11-21(33-13-7-2)23(15-19)31-5/h8-11,14-15,17H,6-7,12-13,16H2,1-5H3,(H,26,28)(H,27,29)/t17-/m0/s1. The number of nitrogens with one attached hydrogen (secondary N) is 2. The summed E-state index contributed by atoms with van der Waals surface area (Å²) in [5, 5.41) is 5.71. The zero-order chi connectivity index (χ0) is 24.2. The second kappa shape index (κ2) is 13.2. The molecule has 0 fully saturated rings. The summed E-state index contributed by atoms with van der Waals surface area (Å²) in [6, 6.07) is 9.78. The normalized spacial score (nSPS) is 11.3. The van der Waals surface area contributed by atoms with E-state index >= 15 is 0 Å². The minimum absolute atomic E-state index is 0.260. The lowest BCUT2D eigenvalue weighted by Gasteiger charge is -2.16. The van der Waals surface area contributed by atoms with E-state index < -0.39 is 0 Å². The highest BCUT2D eigenvalue weighted by molar-refractivity contribution is 5.96. The summed E-state index contributed by atoms with van der Waals surface area (Å²) in [7, 11) is 3.07. The molecule has 0 aromatic heterocycles. The Kier molecular flexibility index (Phi) is 10.3.